The minimum Gasteiger partial charge on any atom is -0.405 e. The highest BCUT2D eigenvalue weighted by Gasteiger charge is 2.34. The Morgan fingerprint density at radius 2 is 1.66 bits per heavy atom. The zero-order chi connectivity index (χ0) is 22.6. The Hall–Kier alpha value is -3.89. The molecule has 0 aliphatic carbocycles. The smallest absolute Gasteiger partial charge is 0.405 e. The van der Waals surface area contributed by atoms with Gasteiger partial charge < -0.3 is 19.9 Å². The number of alkyl halides is 3. The molecule has 1 aliphatic rings. The van der Waals surface area contributed by atoms with Crippen LogP contribution in [0.25, 0.3) is 0 Å². The number of hydrogen-bond donors (Lipinski definition) is 1. The number of anilines is 3. The fraction of sp³-hybridized carbons (Fsp3) is 0.238. The first-order chi connectivity index (χ1) is 15.4. The number of rotatable bonds is 5. The molecule has 4 rings (SSSR count). The van der Waals surface area contributed by atoms with E-state index in [2.05, 4.69) is 25.2 Å². The zero-order valence-corrected chi connectivity index (χ0v) is 16.8. The van der Waals surface area contributed by atoms with Gasteiger partial charge in [0.15, 0.2) is 11.6 Å². The van der Waals surface area contributed by atoms with Gasteiger partial charge in [0.1, 0.15) is 11.6 Å². The Kier molecular flexibility index (Phi) is 6.06. The van der Waals surface area contributed by atoms with E-state index in [1.807, 2.05) is 29.2 Å². The van der Waals surface area contributed by atoms with Crippen LogP contribution in [0.5, 0.6) is 5.75 Å². The van der Waals surface area contributed by atoms with Gasteiger partial charge in [0.05, 0.1) is 5.56 Å². The topological polar surface area (TPSA) is 83.5 Å². The highest BCUT2D eigenvalue weighted by molar-refractivity contribution is 5.97. The number of ether oxygens (including phenoxy) is 1. The first kappa shape index (κ1) is 21.3. The van der Waals surface area contributed by atoms with E-state index >= 15 is 0 Å². The van der Waals surface area contributed by atoms with Crippen LogP contribution in [0, 0.1) is 0 Å². The molecule has 1 N–H and O–H groups in total. The van der Waals surface area contributed by atoms with E-state index in [0.29, 0.717) is 43.6 Å². The quantitative estimate of drug-likeness (QED) is 0.645. The molecule has 2 aromatic heterocycles. The highest BCUT2D eigenvalue weighted by atomic mass is 19.4. The van der Waals surface area contributed by atoms with Crippen molar-refractivity contribution < 1.29 is 22.7 Å². The van der Waals surface area contributed by atoms with E-state index < -0.39 is 18.0 Å². The largest absolute Gasteiger partial charge is 0.573 e. The molecule has 1 amide bonds. The second-order valence-corrected chi connectivity index (χ2v) is 6.94. The summed E-state index contributed by atoms with van der Waals surface area (Å²) in [6, 6.07) is 14.4. The predicted molar refractivity (Wildman–Crippen MR) is 111 cm³/mol. The molecular weight excluding hydrogens is 425 g/mol. The zero-order valence-electron chi connectivity index (χ0n) is 16.8. The van der Waals surface area contributed by atoms with Crippen LogP contribution in [0.15, 0.2) is 60.8 Å². The van der Waals surface area contributed by atoms with E-state index in [0.717, 1.165) is 6.07 Å². The van der Waals surface area contributed by atoms with Gasteiger partial charge in [0.25, 0.3) is 5.91 Å². The summed E-state index contributed by atoms with van der Waals surface area (Å²) in [4.78, 5) is 20.4. The summed E-state index contributed by atoms with van der Waals surface area (Å²) >= 11 is 0. The number of nitrogens with one attached hydrogen (secondary N) is 1. The standard InChI is InChI=1S/C21H19F3N6O2/c22-21(23,24)32-16-6-2-1-5-15(16)20(31)30-13-11-29(12-14-30)19-9-8-18(27-28-19)26-17-7-3-4-10-25-17/h1-10H,11-14H2,(H,25,26,27). The Labute approximate surface area is 181 Å². The maximum atomic E-state index is 12.8. The lowest BCUT2D eigenvalue weighted by Gasteiger charge is -2.35. The van der Waals surface area contributed by atoms with Gasteiger partial charge in [-0.2, -0.15) is 0 Å². The molecule has 0 radical (unpaired) electrons. The molecule has 1 fully saturated rings. The monoisotopic (exact) mass is 444 g/mol. The van der Waals surface area contributed by atoms with Gasteiger partial charge in [-0.1, -0.05) is 18.2 Å². The van der Waals surface area contributed by atoms with Gasteiger partial charge in [-0.3, -0.25) is 4.79 Å². The average Bonchev–Trinajstić information content (AvgIpc) is 2.79. The molecule has 3 heterocycles. The fourth-order valence-corrected chi connectivity index (χ4v) is 3.29. The third kappa shape index (κ3) is 5.23. The summed E-state index contributed by atoms with van der Waals surface area (Å²) in [5, 5.41) is 11.4. The Morgan fingerprint density at radius 3 is 2.31 bits per heavy atom. The molecule has 0 saturated carbocycles. The van der Waals surface area contributed by atoms with Crippen LogP contribution in [0.4, 0.5) is 30.6 Å². The lowest BCUT2D eigenvalue weighted by molar-refractivity contribution is -0.274. The normalized spacial score (nSPS) is 14.2. The summed E-state index contributed by atoms with van der Waals surface area (Å²) in [6.07, 6.45) is -3.20. The van der Waals surface area contributed by atoms with Gasteiger partial charge in [0, 0.05) is 32.4 Å². The van der Waals surface area contributed by atoms with Crippen molar-refractivity contribution in [3.05, 3.63) is 66.4 Å². The number of carbonyl (C=O) groups excluding carboxylic acids is 1. The first-order valence-corrected chi connectivity index (χ1v) is 9.80. The van der Waals surface area contributed by atoms with Crippen LogP contribution < -0.4 is 15.0 Å². The van der Waals surface area contributed by atoms with Gasteiger partial charge in [0.2, 0.25) is 0 Å². The van der Waals surface area contributed by atoms with Crippen LogP contribution in [0.2, 0.25) is 0 Å². The van der Waals surface area contributed by atoms with Crippen LogP contribution in [0.1, 0.15) is 10.4 Å². The van der Waals surface area contributed by atoms with E-state index in [1.54, 1.807) is 12.3 Å². The minimum absolute atomic E-state index is 0.122. The number of hydrogen-bond acceptors (Lipinski definition) is 7. The first-order valence-electron chi connectivity index (χ1n) is 9.80. The number of halogens is 3. The SMILES string of the molecule is O=C(c1ccccc1OC(F)(F)F)N1CCN(c2ccc(Nc3ccccn3)nn2)CC1. The number of nitrogens with zero attached hydrogens (tertiary/aromatic N) is 5. The van der Waals surface area contributed by atoms with Crippen molar-refractivity contribution in [3.8, 4) is 5.75 Å². The number of para-hydroxylation sites is 1. The molecule has 0 unspecified atom stereocenters. The summed E-state index contributed by atoms with van der Waals surface area (Å²) < 4.78 is 41.9. The highest BCUT2D eigenvalue weighted by Crippen LogP contribution is 2.27. The number of amides is 1. The van der Waals surface area contributed by atoms with Gasteiger partial charge in [-0.25, -0.2) is 4.98 Å². The van der Waals surface area contributed by atoms with Crippen LogP contribution in [-0.2, 0) is 0 Å². The van der Waals surface area contributed by atoms with Crippen LogP contribution in [0.3, 0.4) is 0 Å². The molecule has 1 aromatic carbocycles. The maximum absolute atomic E-state index is 12.8. The molecule has 1 aliphatic heterocycles. The summed E-state index contributed by atoms with van der Waals surface area (Å²) in [5.74, 6) is 0.822. The number of pyridine rings is 1. The van der Waals surface area contributed by atoms with Gasteiger partial charge in [-0.15, -0.1) is 23.4 Å². The molecule has 1 saturated heterocycles. The van der Waals surface area contributed by atoms with Crippen LogP contribution in [-0.4, -0.2) is 58.5 Å². The van der Waals surface area contributed by atoms with E-state index in [-0.39, 0.29) is 5.56 Å². The molecule has 8 nitrogen and oxygen atoms in total. The van der Waals surface area contributed by atoms with E-state index in [9.17, 15) is 18.0 Å². The second kappa shape index (κ2) is 9.08. The molecule has 0 spiro atoms. The summed E-state index contributed by atoms with van der Waals surface area (Å²) in [7, 11) is 0. The third-order valence-corrected chi connectivity index (χ3v) is 4.81. The third-order valence-electron chi connectivity index (χ3n) is 4.81. The van der Waals surface area contributed by atoms with Crippen molar-refractivity contribution in [2.75, 3.05) is 36.4 Å². The second-order valence-electron chi connectivity index (χ2n) is 6.94. The van der Waals surface area contributed by atoms with Gasteiger partial charge >= 0.3 is 6.36 Å². The molecule has 166 valence electrons. The van der Waals surface area contributed by atoms with Gasteiger partial charge in [-0.05, 0) is 36.4 Å². The summed E-state index contributed by atoms with van der Waals surface area (Å²) in [5.41, 5.74) is -0.122. The Bertz CT molecular complexity index is 1060. The van der Waals surface area contributed by atoms with E-state index in [1.165, 1.54) is 23.1 Å². The fourth-order valence-electron chi connectivity index (χ4n) is 3.29. The lowest BCUT2D eigenvalue weighted by atomic mass is 10.1. The predicted octanol–water partition coefficient (Wildman–Crippen LogP) is 3.48. The maximum Gasteiger partial charge on any atom is 0.573 e. The summed E-state index contributed by atoms with van der Waals surface area (Å²) in [6.45, 7) is 1.59. The van der Waals surface area contributed by atoms with Crippen molar-refractivity contribution in [2.45, 2.75) is 6.36 Å². The van der Waals surface area contributed by atoms with Crippen molar-refractivity contribution in [1.29, 1.82) is 0 Å². The Morgan fingerprint density at radius 1 is 0.906 bits per heavy atom. The van der Waals surface area contributed by atoms with Crippen molar-refractivity contribution >= 4 is 23.4 Å². The van der Waals surface area contributed by atoms with Crippen molar-refractivity contribution in [3.63, 3.8) is 0 Å². The average molecular weight is 444 g/mol. The van der Waals surface area contributed by atoms with E-state index in [4.69, 9.17) is 0 Å². The van der Waals surface area contributed by atoms with Crippen molar-refractivity contribution in [1.82, 2.24) is 20.1 Å². The molecule has 11 heteroatoms. The number of carbonyl (C=O) groups is 1. The van der Waals surface area contributed by atoms with Crippen molar-refractivity contribution in [2.24, 2.45) is 0 Å². The number of benzene rings is 1. The number of aromatic nitrogens is 3. The molecule has 32 heavy (non-hydrogen) atoms. The molecule has 0 bridgehead atoms. The minimum atomic E-state index is -4.87. The number of piperazine rings is 1. The van der Waals surface area contributed by atoms with Crippen LogP contribution >= 0.6 is 0 Å². The molecule has 0 atom stereocenters. The molecule has 3 aromatic rings. The Balaban J connectivity index is 1.37. The lowest BCUT2D eigenvalue weighted by Crippen LogP contribution is -2.49. The molecular formula is C21H19F3N6O2.